The quantitative estimate of drug-likeness (QED) is 0.748. The Bertz CT molecular complexity index is 635. The van der Waals surface area contributed by atoms with E-state index in [-0.39, 0.29) is 11.4 Å². The zero-order valence-corrected chi connectivity index (χ0v) is 11.4. The summed E-state index contributed by atoms with van der Waals surface area (Å²) in [4.78, 5) is 0. The smallest absolute Gasteiger partial charge is 0.247 e. The normalized spacial score (nSPS) is 12.1. The molecule has 0 bridgehead atoms. The first-order chi connectivity index (χ1) is 8.13. The molecule has 0 aliphatic carbocycles. The lowest BCUT2D eigenvalue weighted by molar-refractivity contribution is 0.408. The van der Waals surface area contributed by atoms with E-state index in [1.165, 1.54) is 25.3 Å². The van der Waals surface area contributed by atoms with Crippen LogP contribution < -0.4 is 9.46 Å². The predicted octanol–water partition coefficient (Wildman–Crippen LogP) is 0.145. The highest BCUT2D eigenvalue weighted by atomic mass is 32.3. The van der Waals surface area contributed by atoms with Gasteiger partial charge in [0.1, 0.15) is 11.5 Å². The van der Waals surface area contributed by atoms with Gasteiger partial charge in [0.25, 0.3) is 0 Å². The number of sulfone groups is 1. The van der Waals surface area contributed by atoms with Crippen molar-refractivity contribution in [1.82, 2.24) is 0 Å². The fourth-order valence-electron chi connectivity index (χ4n) is 1.20. The lowest BCUT2D eigenvalue weighted by Gasteiger charge is -2.09. The molecule has 0 fully saturated rings. The summed E-state index contributed by atoms with van der Waals surface area (Å²) >= 11 is 0. The van der Waals surface area contributed by atoms with Gasteiger partial charge in [-0.15, -0.1) is 0 Å². The summed E-state index contributed by atoms with van der Waals surface area (Å²) in [6.07, 6.45) is 0.806. The van der Waals surface area contributed by atoms with Crippen LogP contribution in [0.4, 0.5) is 5.69 Å². The van der Waals surface area contributed by atoms with Crippen LogP contribution in [0, 0.1) is 0 Å². The summed E-state index contributed by atoms with van der Waals surface area (Å²) in [6.45, 7) is 0. The maximum atomic E-state index is 11.5. The first kappa shape index (κ1) is 14.6. The minimum atomic E-state index is -4.07. The molecule has 0 aromatic heterocycles. The van der Waals surface area contributed by atoms with Crippen LogP contribution >= 0.6 is 0 Å². The standard InChI is InChI=1S/C9H13NO6S2/c1-16-7-3-4-8(9(11)5-7)10-18(14,15)6-17(2,12)13/h3-5,10-11H,6H2,1-2H3. The van der Waals surface area contributed by atoms with Gasteiger partial charge in [0.15, 0.2) is 14.9 Å². The van der Waals surface area contributed by atoms with E-state index < -0.39 is 24.9 Å². The van der Waals surface area contributed by atoms with Crippen LogP contribution in [0.5, 0.6) is 11.5 Å². The number of phenols is 1. The average Bonchev–Trinajstić information content (AvgIpc) is 2.17. The molecule has 0 atom stereocenters. The number of anilines is 1. The van der Waals surface area contributed by atoms with E-state index >= 15 is 0 Å². The Balaban J connectivity index is 2.98. The molecule has 0 amide bonds. The summed E-state index contributed by atoms with van der Waals surface area (Å²) < 4.78 is 51.6. The van der Waals surface area contributed by atoms with Crippen molar-refractivity contribution in [1.29, 1.82) is 0 Å². The number of ether oxygens (including phenoxy) is 1. The molecule has 0 spiro atoms. The number of nitrogens with one attached hydrogen (secondary N) is 1. The third-order valence-corrected chi connectivity index (χ3v) is 5.32. The first-order valence-corrected chi connectivity index (χ1v) is 8.39. The molecule has 18 heavy (non-hydrogen) atoms. The van der Waals surface area contributed by atoms with Crippen molar-refractivity contribution in [3.63, 3.8) is 0 Å². The van der Waals surface area contributed by atoms with E-state index in [9.17, 15) is 21.9 Å². The Hall–Kier alpha value is -1.48. The van der Waals surface area contributed by atoms with Crippen molar-refractivity contribution in [2.75, 3.05) is 23.2 Å². The van der Waals surface area contributed by atoms with Crippen LogP contribution in [0.3, 0.4) is 0 Å². The number of sulfonamides is 1. The Morgan fingerprint density at radius 1 is 1.28 bits per heavy atom. The molecule has 102 valence electrons. The molecule has 2 N–H and O–H groups in total. The van der Waals surface area contributed by atoms with E-state index in [1.807, 2.05) is 4.72 Å². The zero-order valence-electron chi connectivity index (χ0n) is 9.74. The third kappa shape index (κ3) is 4.41. The minimum Gasteiger partial charge on any atom is -0.506 e. The molecular formula is C9H13NO6S2. The number of hydrogen-bond donors (Lipinski definition) is 2. The van der Waals surface area contributed by atoms with Gasteiger partial charge in [0.2, 0.25) is 10.0 Å². The molecule has 1 aromatic carbocycles. The monoisotopic (exact) mass is 295 g/mol. The number of phenolic OH excluding ortho intramolecular Hbond substituents is 1. The number of hydrogen-bond acceptors (Lipinski definition) is 6. The van der Waals surface area contributed by atoms with E-state index in [4.69, 9.17) is 4.74 Å². The Morgan fingerprint density at radius 2 is 1.89 bits per heavy atom. The van der Waals surface area contributed by atoms with Crippen molar-refractivity contribution in [3.8, 4) is 11.5 Å². The molecule has 0 unspecified atom stereocenters. The van der Waals surface area contributed by atoms with Crippen molar-refractivity contribution in [2.24, 2.45) is 0 Å². The average molecular weight is 295 g/mol. The number of benzene rings is 1. The van der Waals surface area contributed by atoms with Crippen molar-refractivity contribution in [3.05, 3.63) is 18.2 Å². The van der Waals surface area contributed by atoms with Gasteiger partial charge < -0.3 is 9.84 Å². The Kier molecular flexibility index (Phi) is 4.07. The lowest BCUT2D eigenvalue weighted by atomic mass is 10.3. The van der Waals surface area contributed by atoms with Crippen LogP contribution in [-0.2, 0) is 19.9 Å². The van der Waals surface area contributed by atoms with E-state index in [1.54, 1.807) is 0 Å². The summed E-state index contributed by atoms with van der Waals surface area (Å²) in [6, 6.07) is 3.91. The molecule has 0 saturated carbocycles. The molecule has 1 aromatic rings. The fourth-order valence-corrected chi connectivity index (χ4v) is 4.20. The van der Waals surface area contributed by atoms with E-state index in [0.29, 0.717) is 5.75 Å². The summed E-state index contributed by atoms with van der Waals surface area (Å²) in [5.74, 6) is -0.00927. The van der Waals surface area contributed by atoms with Gasteiger partial charge >= 0.3 is 0 Å². The third-order valence-electron chi connectivity index (χ3n) is 1.84. The van der Waals surface area contributed by atoms with Gasteiger partial charge in [-0.1, -0.05) is 0 Å². The predicted molar refractivity (Wildman–Crippen MR) is 66.9 cm³/mol. The van der Waals surface area contributed by atoms with Crippen LogP contribution in [0.1, 0.15) is 0 Å². The summed E-state index contributed by atoms with van der Waals surface area (Å²) in [7, 11) is -6.37. The van der Waals surface area contributed by atoms with Crippen LogP contribution in [0.25, 0.3) is 0 Å². The van der Waals surface area contributed by atoms with Crippen molar-refractivity contribution in [2.45, 2.75) is 0 Å². The van der Waals surface area contributed by atoms with Gasteiger partial charge in [-0.2, -0.15) is 0 Å². The molecule has 7 nitrogen and oxygen atoms in total. The highest BCUT2D eigenvalue weighted by Crippen LogP contribution is 2.28. The second-order valence-electron chi connectivity index (χ2n) is 3.64. The van der Waals surface area contributed by atoms with Gasteiger partial charge in [0, 0.05) is 12.3 Å². The molecule has 9 heteroatoms. The van der Waals surface area contributed by atoms with E-state index in [2.05, 4.69) is 0 Å². The molecule has 0 aliphatic heterocycles. The summed E-state index contributed by atoms with van der Waals surface area (Å²) in [5, 5.41) is 8.48. The van der Waals surface area contributed by atoms with E-state index in [0.717, 1.165) is 6.26 Å². The van der Waals surface area contributed by atoms with Gasteiger partial charge in [-0.25, -0.2) is 16.8 Å². The first-order valence-electron chi connectivity index (χ1n) is 4.68. The lowest BCUT2D eigenvalue weighted by Crippen LogP contribution is -2.22. The van der Waals surface area contributed by atoms with Crippen LogP contribution in [0.15, 0.2) is 18.2 Å². The molecular weight excluding hydrogens is 282 g/mol. The Labute approximate surface area is 105 Å². The van der Waals surface area contributed by atoms with Crippen LogP contribution in [0.2, 0.25) is 0 Å². The highest BCUT2D eigenvalue weighted by molar-refractivity contribution is 8.08. The maximum absolute atomic E-state index is 11.5. The molecule has 0 aliphatic rings. The molecule has 0 heterocycles. The number of rotatable bonds is 5. The Morgan fingerprint density at radius 3 is 2.33 bits per heavy atom. The number of aromatic hydroxyl groups is 1. The zero-order chi connectivity index (χ0) is 14.0. The number of methoxy groups -OCH3 is 1. The van der Waals surface area contributed by atoms with Crippen LogP contribution in [-0.4, -0.2) is 40.4 Å². The second kappa shape index (κ2) is 5.02. The topological polar surface area (TPSA) is 110 Å². The largest absolute Gasteiger partial charge is 0.506 e. The molecule has 0 saturated heterocycles. The SMILES string of the molecule is COc1ccc(NS(=O)(=O)CS(C)(=O)=O)c(O)c1. The maximum Gasteiger partial charge on any atom is 0.247 e. The fraction of sp³-hybridized carbons (Fsp3) is 0.333. The van der Waals surface area contributed by atoms with Crippen molar-refractivity contribution < 1.29 is 26.7 Å². The van der Waals surface area contributed by atoms with Crippen molar-refractivity contribution >= 4 is 25.5 Å². The molecule has 1 rings (SSSR count). The second-order valence-corrected chi connectivity index (χ2v) is 7.87. The highest BCUT2D eigenvalue weighted by Gasteiger charge is 2.19. The molecule has 0 radical (unpaired) electrons. The summed E-state index contributed by atoms with van der Waals surface area (Å²) in [5.41, 5.74) is -0.112. The van der Waals surface area contributed by atoms with Gasteiger partial charge in [-0.05, 0) is 12.1 Å². The van der Waals surface area contributed by atoms with Gasteiger partial charge in [-0.3, -0.25) is 4.72 Å². The van der Waals surface area contributed by atoms with Gasteiger partial charge in [0.05, 0.1) is 12.8 Å². The minimum absolute atomic E-state index is 0.112.